The number of hydrogen-bond acceptors (Lipinski definition) is 3. The molecule has 0 aliphatic rings. The third-order valence-corrected chi connectivity index (χ3v) is 6.49. The van der Waals surface area contributed by atoms with Crippen molar-refractivity contribution in [2.24, 2.45) is 0 Å². The summed E-state index contributed by atoms with van der Waals surface area (Å²) in [5.74, 6) is -2.63. The SMILES string of the molecule is O=C(NC(=S)Nc1cc(Cl)c(Oc2ccc(Cl)c3ccccc23)c(Cl)c1Cl)c1c(F)cccc1F. The number of carbonyl (C=O) groups is 1. The van der Waals surface area contributed by atoms with Gasteiger partial charge in [0.25, 0.3) is 5.91 Å². The minimum atomic E-state index is -1.08. The van der Waals surface area contributed by atoms with E-state index >= 15 is 0 Å². The van der Waals surface area contributed by atoms with Crippen molar-refractivity contribution in [1.82, 2.24) is 5.32 Å². The van der Waals surface area contributed by atoms with Gasteiger partial charge in [-0.25, -0.2) is 8.78 Å². The van der Waals surface area contributed by atoms with Crippen LogP contribution in [0.4, 0.5) is 14.5 Å². The highest BCUT2D eigenvalue weighted by molar-refractivity contribution is 7.80. The first-order valence-corrected chi connectivity index (χ1v) is 11.7. The Bertz CT molecular complexity index is 1480. The van der Waals surface area contributed by atoms with Gasteiger partial charge in [-0.1, -0.05) is 76.7 Å². The van der Waals surface area contributed by atoms with Crippen LogP contribution in [0.3, 0.4) is 0 Å². The quantitative estimate of drug-likeness (QED) is 0.190. The number of nitrogens with one attached hydrogen (secondary N) is 2. The van der Waals surface area contributed by atoms with Crippen LogP contribution in [0, 0.1) is 11.6 Å². The fourth-order valence-electron chi connectivity index (χ4n) is 3.23. The van der Waals surface area contributed by atoms with E-state index in [2.05, 4.69) is 10.6 Å². The number of thiocarbonyl (C=S) groups is 1. The summed E-state index contributed by atoms with van der Waals surface area (Å²) in [5.41, 5.74) is -0.646. The van der Waals surface area contributed by atoms with Crippen LogP contribution in [0.2, 0.25) is 20.1 Å². The second-order valence-corrected chi connectivity index (χ2v) is 9.04. The molecule has 0 spiro atoms. The van der Waals surface area contributed by atoms with Crippen molar-refractivity contribution >= 4 is 86.1 Å². The van der Waals surface area contributed by atoms with Gasteiger partial charge in [0, 0.05) is 15.8 Å². The Morgan fingerprint density at radius 1 is 0.829 bits per heavy atom. The lowest BCUT2D eigenvalue weighted by atomic mass is 10.1. The van der Waals surface area contributed by atoms with Crippen LogP contribution in [0.15, 0.2) is 60.7 Å². The Balaban J connectivity index is 1.58. The van der Waals surface area contributed by atoms with E-state index < -0.39 is 23.1 Å². The van der Waals surface area contributed by atoms with Crippen molar-refractivity contribution in [2.75, 3.05) is 5.32 Å². The van der Waals surface area contributed by atoms with Crippen LogP contribution in [-0.2, 0) is 0 Å². The van der Waals surface area contributed by atoms with Crippen molar-refractivity contribution < 1.29 is 18.3 Å². The lowest BCUT2D eigenvalue weighted by molar-refractivity contribution is 0.0969. The Hall–Kier alpha value is -2.68. The molecule has 0 fully saturated rings. The molecule has 0 unspecified atom stereocenters. The van der Waals surface area contributed by atoms with Crippen LogP contribution in [0.1, 0.15) is 10.4 Å². The molecule has 0 aliphatic heterocycles. The Morgan fingerprint density at radius 2 is 1.49 bits per heavy atom. The first kappa shape index (κ1) is 25.4. The van der Waals surface area contributed by atoms with E-state index in [4.69, 9.17) is 63.4 Å². The number of ether oxygens (including phenoxy) is 1. The molecule has 35 heavy (non-hydrogen) atoms. The summed E-state index contributed by atoms with van der Waals surface area (Å²) in [5, 5.41) is 6.62. The van der Waals surface area contributed by atoms with Crippen LogP contribution < -0.4 is 15.4 Å². The third-order valence-electron chi connectivity index (χ3n) is 4.82. The van der Waals surface area contributed by atoms with Gasteiger partial charge in [-0.15, -0.1) is 0 Å². The minimum absolute atomic E-state index is 0.0157. The topological polar surface area (TPSA) is 50.4 Å². The molecule has 0 saturated heterocycles. The second kappa shape index (κ2) is 10.5. The van der Waals surface area contributed by atoms with Crippen LogP contribution in [0.5, 0.6) is 11.5 Å². The number of carbonyl (C=O) groups excluding carboxylic acids is 1. The van der Waals surface area contributed by atoms with E-state index in [-0.39, 0.29) is 31.6 Å². The maximum atomic E-state index is 13.8. The van der Waals surface area contributed by atoms with E-state index in [9.17, 15) is 13.6 Å². The predicted octanol–water partition coefficient (Wildman–Crippen LogP) is 8.65. The number of halogens is 6. The van der Waals surface area contributed by atoms with Gasteiger partial charge in [-0.3, -0.25) is 10.1 Å². The molecule has 0 atom stereocenters. The average Bonchev–Trinajstić information content (AvgIpc) is 2.81. The Labute approximate surface area is 223 Å². The Morgan fingerprint density at radius 3 is 2.17 bits per heavy atom. The van der Waals surface area contributed by atoms with Crippen molar-refractivity contribution in [3.8, 4) is 11.5 Å². The zero-order chi connectivity index (χ0) is 25.3. The van der Waals surface area contributed by atoms with Gasteiger partial charge in [0.2, 0.25) is 0 Å². The molecule has 0 aromatic heterocycles. The van der Waals surface area contributed by atoms with Crippen molar-refractivity contribution in [2.45, 2.75) is 0 Å². The van der Waals surface area contributed by atoms with Gasteiger partial charge in [-0.2, -0.15) is 0 Å². The normalized spacial score (nSPS) is 10.8. The molecule has 178 valence electrons. The molecular formula is C24H12Cl4F2N2O2S. The van der Waals surface area contributed by atoms with Crippen molar-refractivity contribution in [3.05, 3.63) is 98.0 Å². The molecule has 0 aliphatic carbocycles. The van der Waals surface area contributed by atoms with Crippen molar-refractivity contribution in [1.29, 1.82) is 0 Å². The number of hydrogen-bond donors (Lipinski definition) is 2. The summed E-state index contributed by atoms with van der Waals surface area (Å²) in [6, 6.07) is 15.1. The number of amides is 1. The maximum absolute atomic E-state index is 13.8. The lowest BCUT2D eigenvalue weighted by Crippen LogP contribution is -2.35. The van der Waals surface area contributed by atoms with E-state index in [1.807, 2.05) is 24.3 Å². The number of fused-ring (bicyclic) bond motifs is 1. The molecule has 4 aromatic rings. The van der Waals surface area contributed by atoms with Gasteiger partial charge < -0.3 is 10.1 Å². The highest BCUT2D eigenvalue weighted by Gasteiger charge is 2.21. The fourth-order valence-corrected chi connectivity index (χ4v) is 4.38. The predicted molar refractivity (Wildman–Crippen MR) is 141 cm³/mol. The number of benzene rings is 4. The van der Waals surface area contributed by atoms with Crippen LogP contribution in [-0.4, -0.2) is 11.0 Å². The molecule has 0 radical (unpaired) electrons. The third kappa shape index (κ3) is 5.29. The Kier molecular flexibility index (Phi) is 7.64. The van der Waals surface area contributed by atoms with E-state index in [1.165, 1.54) is 6.07 Å². The largest absolute Gasteiger partial charge is 0.454 e. The van der Waals surface area contributed by atoms with Gasteiger partial charge >= 0.3 is 0 Å². The standard InChI is InChI=1S/C24H12Cl4F2N2O2S/c25-13-8-9-18(12-5-2-1-4-11(12)13)34-22-14(26)10-17(20(27)21(22)28)31-24(35)32-23(33)19-15(29)6-3-7-16(19)30/h1-10H,(H2,31,32,33,35). The van der Waals surface area contributed by atoms with E-state index in [0.717, 1.165) is 29.0 Å². The second-order valence-electron chi connectivity index (χ2n) is 7.06. The molecule has 4 rings (SSSR count). The summed E-state index contributed by atoms with van der Waals surface area (Å²) in [7, 11) is 0. The van der Waals surface area contributed by atoms with Gasteiger partial charge in [-0.05, 0) is 42.5 Å². The van der Waals surface area contributed by atoms with Crippen molar-refractivity contribution in [3.63, 3.8) is 0 Å². The van der Waals surface area contributed by atoms with E-state index in [0.29, 0.717) is 10.8 Å². The fraction of sp³-hybridized carbons (Fsp3) is 0. The zero-order valence-electron chi connectivity index (χ0n) is 17.3. The lowest BCUT2D eigenvalue weighted by Gasteiger charge is -2.17. The molecular weight excluding hydrogens is 560 g/mol. The van der Waals surface area contributed by atoms with Gasteiger partial charge in [0.05, 0.1) is 15.7 Å². The molecule has 4 nitrogen and oxygen atoms in total. The molecule has 2 N–H and O–H groups in total. The summed E-state index contributed by atoms with van der Waals surface area (Å²) in [4.78, 5) is 12.3. The summed E-state index contributed by atoms with van der Waals surface area (Å²) in [6.45, 7) is 0. The van der Waals surface area contributed by atoms with E-state index in [1.54, 1.807) is 12.1 Å². The van der Waals surface area contributed by atoms with Crippen LogP contribution in [0.25, 0.3) is 10.8 Å². The summed E-state index contributed by atoms with van der Waals surface area (Å²) in [6.07, 6.45) is 0. The maximum Gasteiger partial charge on any atom is 0.263 e. The summed E-state index contributed by atoms with van der Waals surface area (Å²) < 4.78 is 33.7. The minimum Gasteiger partial charge on any atom is -0.454 e. The van der Waals surface area contributed by atoms with Crippen LogP contribution >= 0.6 is 58.6 Å². The molecule has 0 saturated carbocycles. The first-order chi connectivity index (χ1) is 16.7. The molecule has 4 aromatic carbocycles. The number of rotatable bonds is 4. The molecule has 0 heterocycles. The highest BCUT2D eigenvalue weighted by atomic mass is 35.5. The zero-order valence-corrected chi connectivity index (χ0v) is 21.1. The monoisotopic (exact) mass is 570 g/mol. The number of anilines is 1. The molecule has 0 bridgehead atoms. The van der Waals surface area contributed by atoms with Gasteiger partial charge in [0.1, 0.15) is 28.0 Å². The highest BCUT2D eigenvalue weighted by Crippen LogP contribution is 2.46. The first-order valence-electron chi connectivity index (χ1n) is 9.76. The van der Waals surface area contributed by atoms with Gasteiger partial charge in [0.15, 0.2) is 10.9 Å². The average molecular weight is 572 g/mol. The smallest absolute Gasteiger partial charge is 0.263 e. The molecule has 1 amide bonds. The summed E-state index contributed by atoms with van der Waals surface area (Å²) >= 11 is 30.5. The molecule has 11 heteroatoms.